The topological polar surface area (TPSA) is 105 Å². The van der Waals surface area contributed by atoms with Crippen molar-refractivity contribution in [3.63, 3.8) is 0 Å². The Morgan fingerprint density at radius 3 is 2.57 bits per heavy atom. The van der Waals surface area contributed by atoms with E-state index in [0.29, 0.717) is 22.3 Å². The molecule has 0 spiro atoms. The summed E-state index contributed by atoms with van der Waals surface area (Å²) in [5.74, 6) is 1.96. The molecule has 3 heterocycles. The van der Waals surface area contributed by atoms with Crippen molar-refractivity contribution in [1.29, 1.82) is 0 Å². The Hall–Kier alpha value is -3.17. The van der Waals surface area contributed by atoms with Gasteiger partial charge in [-0.1, -0.05) is 11.6 Å². The Bertz CT molecular complexity index is 1150. The molecule has 35 heavy (non-hydrogen) atoms. The van der Waals surface area contributed by atoms with E-state index in [1.165, 1.54) is 12.4 Å². The molecule has 3 aromatic rings. The van der Waals surface area contributed by atoms with Gasteiger partial charge in [-0.15, -0.1) is 12.4 Å². The summed E-state index contributed by atoms with van der Waals surface area (Å²) in [7, 11) is 3.94. The van der Waals surface area contributed by atoms with Crippen molar-refractivity contribution in [2.45, 2.75) is 44.7 Å². The van der Waals surface area contributed by atoms with Gasteiger partial charge < -0.3 is 20.3 Å². The molecule has 1 aliphatic rings. The van der Waals surface area contributed by atoms with Gasteiger partial charge in [0.2, 0.25) is 11.8 Å². The molecule has 0 bridgehead atoms. The van der Waals surface area contributed by atoms with E-state index in [1.807, 2.05) is 32.1 Å². The van der Waals surface area contributed by atoms with E-state index in [2.05, 4.69) is 30.6 Å². The number of carbonyl (C=O) groups excluding carboxylic acids is 1. The molecule has 0 atom stereocenters. The number of aromatic nitrogens is 4. The van der Waals surface area contributed by atoms with Crippen LogP contribution in [0, 0.1) is 6.92 Å². The number of halogens is 2. The first-order chi connectivity index (χ1) is 16.4. The lowest BCUT2D eigenvalue weighted by atomic mass is 9.91. The molecular weight excluding hydrogens is 489 g/mol. The molecule has 0 aromatic carbocycles. The van der Waals surface area contributed by atoms with E-state index >= 15 is 0 Å². The summed E-state index contributed by atoms with van der Waals surface area (Å²) in [5, 5.41) is 7.01. The molecule has 1 fully saturated rings. The molecule has 3 aromatic heterocycles. The van der Waals surface area contributed by atoms with E-state index in [4.69, 9.17) is 16.3 Å². The van der Waals surface area contributed by atoms with E-state index < -0.39 is 0 Å². The van der Waals surface area contributed by atoms with Crippen LogP contribution in [0.15, 0.2) is 43.0 Å². The molecule has 4 rings (SSSR count). The number of hydrogen-bond donors (Lipinski definition) is 2. The average molecular weight is 518 g/mol. The number of nitrogens with one attached hydrogen (secondary N) is 2. The highest BCUT2D eigenvalue weighted by Gasteiger charge is 2.25. The summed E-state index contributed by atoms with van der Waals surface area (Å²) in [4.78, 5) is 32.2. The van der Waals surface area contributed by atoms with Crippen LogP contribution in [0.2, 0.25) is 5.02 Å². The first-order valence-corrected chi connectivity index (χ1v) is 11.6. The van der Waals surface area contributed by atoms with Gasteiger partial charge in [0.25, 0.3) is 5.91 Å². The van der Waals surface area contributed by atoms with Crippen LogP contribution in [0.5, 0.6) is 11.6 Å². The van der Waals surface area contributed by atoms with E-state index in [1.54, 1.807) is 24.4 Å². The standard InChI is InChI=1S/C24H28ClN7O2.ClH/c1-15-12-28-24(31-21(15)32(2)3)30-18-8-6-17(7-9-18)29-22(33)20-5-4-10-27-23(20)34-19-11-16(25)13-26-14-19;/h4-5,10-14,17-18H,6-9H2,1-3H3,(H,29,33)(H,28,30,31);1H. The number of carbonyl (C=O) groups is 1. The highest BCUT2D eigenvalue weighted by atomic mass is 35.5. The molecule has 186 valence electrons. The van der Waals surface area contributed by atoms with Crippen LogP contribution < -0.4 is 20.3 Å². The van der Waals surface area contributed by atoms with Crippen LogP contribution in [0.1, 0.15) is 41.6 Å². The van der Waals surface area contributed by atoms with Crippen LogP contribution in [-0.2, 0) is 0 Å². The normalized spacial score (nSPS) is 17.1. The minimum Gasteiger partial charge on any atom is -0.436 e. The van der Waals surface area contributed by atoms with Crippen molar-refractivity contribution in [3.05, 3.63) is 59.1 Å². The van der Waals surface area contributed by atoms with Gasteiger partial charge in [-0.2, -0.15) is 4.98 Å². The Kier molecular flexibility index (Phi) is 9.06. The number of pyridine rings is 2. The lowest BCUT2D eigenvalue weighted by molar-refractivity contribution is 0.0923. The van der Waals surface area contributed by atoms with Crippen LogP contribution >= 0.6 is 24.0 Å². The maximum absolute atomic E-state index is 13.0. The Balaban J connectivity index is 0.00000342. The molecule has 9 nitrogen and oxygen atoms in total. The summed E-state index contributed by atoms with van der Waals surface area (Å²) < 4.78 is 5.77. The molecule has 11 heteroatoms. The zero-order valence-corrected chi connectivity index (χ0v) is 21.4. The van der Waals surface area contributed by atoms with Gasteiger partial charge >= 0.3 is 0 Å². The van der Waals surface area contributed by atoms with Crippen molar-refractivity contribution >= 4 is 41.7 Å². The van der Waals surface area contributed by atoms with Gasteiger partial charge in [0.05, 0.1) is 11.2 Å². The molecular formula is C24H29Cl2N7O2. The summed E-state index contributed by atoms with van der Waals surface area (Å²) in [6.07, 6.45) is 9.97. The second-order valence-corrected chi connectivity index (χ2v) is 8.99. The third kappa shape index (κ3) is 6.93. The molecule has 0 unspecified atom stereocenters. The Morgan fingerprint density at radius 2 is 1.86 bits per heavy atom. The average Bonchev–Trinajstić information content (AvgIpc) is 2.82. The highest BCUT2D eigenvalue weighted by molar-refractivity contribution is 6.30. The maximum Gasteiger partial charge on any atom is 0.257 e. The largest absolute Gasteiger partial charge is 0.436 e. The third-order valence-corrected chi connectivity index (χ3v) is 5.88. The van der Waals surface area contributed by atoms with Gasteiger partial charge in [-0.3, -0.25) is 9.78 Å². The number of nitrogens with zero attached hydrogens (tertiary/aromatic N) is 5. The number of hydrogen-bond acceptors (Lipinski definition) is 8. The minimum atomic E-state index is -0.216. The Morgan fingerprint density at radius 1 is 1.11 bits per heavy atom. The lowest BCUT2D eigenvalue weighted by Gasteiger charge is -2.30. The van der Waals surface area contributed by atoms with Gasteiger partial charge in [-0.25, -0.2) is 9.97 Å². The number of aryl methyl sites for hydroxylation is 1. The van der Waals surface area contributed by atoms with Crippen molar-refractivity contribution in [3.8, 4) is 11.6 Å². The third-order valence-electron chi connectivity index (χ3n) is 5.67. The molecule has 0 aliphatic heterocycles. The summed E-state index contributed by atoms with van der Waals surface area (Å²) in [6.45, 7) is 2.00. The molecule has 0 saturated heterocycles. The van der Waals surface area contributed by atoms with Gasteiger partial charge in [-0.05, 0) is 44.7 Å². The van der Waals surface area contributed by atoms with Gasteiger partial charge in [0, 0.05) is 56.4 Å². The van der Waals surface area contributed by atoms with Crippen molar-refractivity contribution in [2.24, 2.45) is 0 Å². The second kappa shape index (κ2) is 12.0. The fourth-order valence-electron chi connectivity index (χ4n) is 3.99. The predicted octanol–water partition coefficient (Wildman–Crippen LogP) is 4.66. The SMILES string of the molecule is Cc1cnc(NC2CCC(NC(=O)c3cccnc3Oc3cncc(Cl)c3)CC2)nc1N(C)C.Cl. The summed E-state index contributed by atoms with van der Waals surface area (Å²) in [5.41, 5.74) is 1.40. The smallest absolute Gasteiger partial charge is 0.257 e. The fourth-order valence-corrected chi connectivity index (χ4v) is 4.15. The fraction of sp³-hybridized carbons (Fsp3) is 0.375. The van der Waals surface area contributed by atoms with Gasteiger partial charge in [0.15, 0.2) is 0 Å². The predicted molar refractivity (Wildman–Crippen MR) is 139 cm³/mol. The first-order valence-electron chi connectivity index (χ1n) is 11.2. The monoisotopic (exact) mass is 517 g/mol. The van der Waals surface area contributed by atoms with Crippen molar-refractivity contribution < 1.29 is 9.53 Å². The van der Waals surface area contributed by atoms with E-state index in [9.17, 15) is 4.79 Å². The molecule has 0 radical (unpaired) electrons. The molecule has 1 saturated carbocycles. The highest BCUT2D eigenvalue weighted by Crippen LogP contribution is 2.26. The van der Waals surface area contributed by atoms with E-state index in [0.717, 1.165) is 37.1 Å². The van der Waals surface area contributed by atoms with Crippen LogP contribution in [-0.4, -0.2) is 52.0 Å². The summed E-state index contributed by atoms with van der Waals surface area (Å²) in [6, 6.07) is 5.36. The molecule has 1 aliphatic carbocycles. The maximum atomic E-state index is 13.0. The lowest BCUT2D eigenvalue weighted by Crippen LogP contribution is -2.40. The zero-order valence-electron chi connectivity index (χ0n) is 19.9. The second-order valence-electron chi connectivity index (χ2n) is 8.56. The Labute approximate surface area is 216 Å². The molecule has 1 amide bonds. The number of anilines is 2. The number of ether oxygens (including phenoxy) is 1. The van der Waals surface area contributed by atoms with Gasteiger partial charge in [0.1, 0.15) is 17.1 Å². The minimum absolute atomic E-state index is 0. The number of rotatable bonds is 7. The van der Waals surface area contributed by atoms with Crippen molar-refractivity contribution in [2.75, 3.05) is 24.3 Å². The van der Waals surface area contributed by atoms with Crippen LogP contribution in [0.3, 0.4) is 0 Å². The first kappa shape index (κ1) is 26.4. The van der Waals surface area contributed by atoms with Crippen LogP contribution in [0.25, 0.3) is 0 Å². The van der Waals surface area contributed by atoms with Crippen LogP contribution in [0.4, 0.5) is 11.8 Å². The number of amides is 1. The quantitative estimate of drug-likeness (QED) is 0.465. The van der Waals surface area contributed by atoms with Crippen molar-refractivity contribution in [1.82, 2.24) is 25.3 Å². The zero-order chi connectivity index (χ0) is 24.1. The summed E-state index contributed by atoms with van der Waals surface area (Å²) >= 11 is 5.98. The molecule has 2 N–H and O–H groups in total. The van der Waals surface area contributed by atoms with E-state index in [-0.39, 0.29) is 36.3 Å².